The molecule has 0 unspecified atom stereocenters. The van der Waals surface area contributed by atoms with Crippen molar-refractivity contribution in [2.24, 2.45) is 5.84 Å². The highest BCUT2D eigenvalue weighted by Crippen LogP contribution is 2.30. The van der Waals surface area contributed by atoms with Crippen LogP contribution in [0.25, 0.3) is 0 Å². The van der Waals surface area contributed by atoms with Gasteiger partial charge in [-0.1, -0.05) is 0 Å². The Balaban J connectivity index is 2.19. The first-order valence-corrected chi connectivity index (χ1v) is 5.66. The van der Waals surface area contributed by atoms with Gasteiger partial charge < -0.3 is 9.47 Å². The molecule has 3 N–H and O–H groups in total. The molecule has 0 saturated carbocycles. The average molecular weight is 278 g/mol. The van der Waals surface area contributed by atoms with Gasteiger partial charge in [-0.05, 0) is 0 Å². The molecule has 9 heteroatoms. The van der Waals surface area contributed by atoms with Gasteiger partial charge in [-0.3, -0.25) is 5.43 Å². The molecule has 0 aliphatic carbocycles. The van der Waals surface area contributed by atoms with E-state index in [0.29, 0.717) is 26.1 Å². The lowest BCUT2D eigenvalue weighted by Gasteiger charge is -2.23. The molecule has 106 valence electrons. The fourth-order valence-electron chi connectivity index (χ4n) is 1.66. The zero-order chi connectivity index (χ0) is 13.9. The van der Waals surface area contributed by atoms with Crippen LogP contribution in [0, 0.1) is 0 Å². The first-order valence-electron chi connectivity index (χ1n) is 5.66. The summed E-state index contributed by atoms with van der Waals surface area (Å²) < 4.78 is 48.4. The average Bonchev–Trinajstić information content (AvgIpc) is 2.38. The third-order valence-corrected chi connectivity index (χ3v) is 2.58. The van der Waals surface area contributed by atoms with Crippen LogP contribution in [0.1, 0.15) is 18.5 Å². The van der Waals surface area contributed by atoms with Crippen molar-refractivity contribution in [3.63, 3.8) is 0 Å². The van der Waals surface area contributed by atoms with E-state index in [0.717, 1.165) is 6.07 Å². The molecule has 0 spiro atoms. The Morgan fingerprint density at radius 1 is 1.32 bits per heavy atom. The molecule has 0 bridgehead atoms. The number of hydrazine groups is 1. The lowest BCUT2D eigenvalue weighted by Crippen LogP contribution is -2.27. The van der Waals surface area contributed by atoms with Crippen LogP contribution in [0.3, 0.4) is 0 Å². The highest BCUT2D eigenvalue weighted by atomic mass is 19.4. The number of nitrogen functional groups attached to an aromatic ring is 1. The number of rotatable bonds is 3. The molecule has 2 rings (SSSR count). The summed E-state index contributed by atoms with van der Waals surface area (Å²) in [5, 5.41) is 0. The summed E-state index contributed by atoms with van der Waals surface area (Å²) in [5.41, 5.74) is 0.891. The fraction of sp³-hybridized carbons (Fsp3) is 0.600. The van der Waals surface area contributed by atoms with Gasteiger partial charge in [0.2, 0.25) is 11.8 Å². The summed E-state index contributed by atoms with van der Waals surface area (Å²) in [7, 11) is 0. The van der Waals surface area contributed by atoms with E-state index in [-0.39, 0.29) is 17.9 Å². The molecule has 1 aromatic rings. The molecule has 1 aromatic heterocycles. The maximum Gasteiger partial charge on any atom is 0.433 e. The Hall–Kier alpha value is -1.61. The molecule has 6 nitrogen and oxygen atoms in total. The second-order valence-electron chi connectivity index (χ2n) is 3.99. The zero-order valence-electron chi connectivity index (χ0n) is 9.91. The monoisotopic (exact) mass is 278 g/mol. The van der Waals surface area contributed by atoms with Crippen molar-refractivity contribution < 1.29 is 22.6 Å². The summed E-state index contributed by atoms with van der Waals surface area (Å²) in [6.07, 6.45) is -3.58. The highest BCUT2D eigenvalue weighted by Gasteiger charge is 2.34. The Kier molecular flexibility index (Phi) is 4.05. The molecule has 1 saturated heterocycles. The maximum absolute atomic E-state index is 12.6. The van der Waals surface area contributed by atoms with Crippen LogP contribution in [0.15, 0.2) is 6.07 Å². The zero-order valence-corrected chi connectivity index (χ0v) is 9.91. The van der Waals surface area contributed by atoms with Crippen LogP contribution >= 0.6 is 0 Å². The largest absolute Gasteiger partial charge is 0.474 e. The summed E-state index contributed by atoms with van der Waals surface area (Å²) in [6.45, 7) is 1.04. The maximum atomic E-state index is 12.6. The molecular weight excluding hydrogens is 265 g/mol. The molecular formula is C10H13F3N4O2. The third kappa shape index (κ3) is 3.67. The molecule has 0 atom stereocenters. The second-order valence-corrected chi connectivity index (χ2v) is 3.99. The summed E-state index contributed by atoms with van der Waals surface area (Å²) in [6, 6.07) is 0.760. The van der Waals surface area contributed by atoms with Crippen molar-refractivity contribution in [3.05, 3.63) is 11.8 Å². The smallest absolute Gasteiger partial charge is 0.433 e. The van der Waals surface area contributed by atoms with Gasteiger partial charge in [-0.2, -0.15) is 18.2 Å². The van der Waals surface area contributed by atoms with E-state index in [1.54, 1.807) is 0 Å². The predicted molar refractivity (Wildman–Crippen MR) is 59.3 cm³/mol. The number of ether oxygens (including phenoxy) is 2. The van der Waals surface area contributed by atoms with E-state index < -0.39 is 11.9 Å². The number of alkyl halides is 3. The molecule has 0 amide bonds. The van der Waals surface area contributed by atoms with Crippen molar-refractivity contribution in [1.29, 1.82) is 0 Å². The van der Waals surface area contributed by atoms with Gasteiger partial charge in [0.05, 0.1) is 13.2 Å². The number of halogens is 3. The van der Waals surface area contributed by atoms with Crippen LogP contribution in [0.2, 0.25) is 0 Å². The number of nitrogens with one attached hydrogen (secondary N) is 1. The number of anilines is 1. The minimum Gasteiger partial charge on any atom is -0.474 e. The SMILES string of the molecule is NNc1nc(OC2CCOCC2)cc(C(F)(F)F)n1. The van der Waals surface area contributed by atoms with Gasteiger partial charge in [0.1, 0.15) is 6.10 Å². The summed E-state index contributed by atoms with van der Waals surface area (Å²) in [4.78, 5) is 6.99. The third-order valence-electron chi connectivity index (χ3n) is 2.58. The molecule has 1 aliphatic rings. The molecule has 1 fully saturated rings. The Morgan fingerprint density at radius 2 is 2.00 bits per heavy atom. The lowest BCUT2D eigenvalue weighted by atomic mass is 10.1. The Labute approximate surface area is 107 Å². The van der Waals surface area contributed by atoms with Gasteiger partial charge in [-0.15, -0.1) is 0 Å². The van der Waals surface area contributed by atoms with Crippen LogP contribution in [-0.4, -0.2) is 29.3 Å². The van der Waals surface area contributed by atoms with Gasteiger partial charge in [0.15, 0.2) is 5.69 Å². The van der Waals surface area contributed by atoms with E-state index in [9.17, 15) is 13.2 Å². The molecule has 0 radical (unpaired) electrons. The number of nitrogens with two attached hydrogens (primary N) is 1. The Bertz CT molecular complexity index is 435. The van der Waals surface area contributed by atoms with Crippen LogP contribution < -0.4 is 16.0 Å². The standard InChI is InChI=1S/C10H13F3N4O2/c11-10(12,13)7-5-8(16-9(15-7)17-14)19-6-1-3-18-4-2-6/h5-6H,1-4,14H2,(H,15,16,17). The number of aromatic nitrogens is 2. The second kappa shape index (κ2) is 5.57. The minimum atomic E-state index is -4.58. The number of nitrogens with zero attached hydrogens (tertiary/aromatic N) is 2. The van der Waals surface area contributed by atoms with E-state index in [1.165, 1.54) is 0 Å². The van der Waals surface area contributed by atoms with Crippen molar-refractivity contribution in [2.75, 3.05) is 18.6 Å². The first kappa shape index (κ1) is 13.8. The van der Waals surface area contributed by atoms with Gasteiger partial charge >= 0.3 is 6.18 Å². The van der Waals surface area contributed by atoms with Gasteiger partial charge in [0, 0.05) is 18.9 Å². The van der Waals surface area contributed by atoms with Gasteiger partial charge in [-0.25, -0.2) is 10.8 Å². The Morgan fingerprint density at radius 3 is 2.58 bits per heavy atom. The highest BCUT2D eigenvalue weighted by molar-refractivity contribution is 5.30. The van der Waals surface area contributed by atoms with Crippen molar-refractivity contribution in [1.82, 2.24) is 9.97 Å². The minimum absolute atomic E-state index is 0.151. The van der Waals surface area contributed by atoms with Crippen LogP contribution in [-0.2, 0) is 10.9 Å². The van der Waals surface area contributed by atoms with E-state index in [1.807, 2.05) is 5.43 Å². The number of hydrogen-bond acceptors (Lipinski definition) is 6. The van der Waals surface area contributed by atoms with Crippen LogP contribution in [0.5, 0.6) is 5.88 Å². The van der Waals surface area contributed by atoms with Gasteiger partial charge in [0.25, 0.3) is 0 Å². The van der Waals surface area contributed by atoms with Crippen molar-refractivity contribution in [2.45, 2.75) is 25.1 Å². The topological polar surface area (TPSA) is 82.3 Å². The van der Waals surface area contributed by atoms with Crippen molar-refractivity contribution in [3.8, 4) is 5.88 Å². The summed E-state index contributed by atoms with van der Waals surface area (Å²) >= 11 is 0. The van der Waals surface area contributed by atoms with E-state index >= 15 is 0 Å². The lowest BCUT2D eigenvalue weighted by molar-refractivity contribution is -0.141. The molecule has 2 heterocycles. The first-order chi connectivity index (χ1) is 8.99. The predicted octanol–water partition coefficient (Wildman–Crippen LogP) is 1.34. The van der Waals surface area contributed by atoms with Crippen LogP contribution in [0.4, 0.5) is 19.1 Å². The summed E-state index contributed by atoms with van der Waals surface area (Å²) in [5.74, 6) is 4.56. The fourth-order valence-corrected chi connectivity index (χ4v) is 1.66. The quantitative estimate of drug-likeness (QED) is 0.641. The van der Waals surface area contributed by atoms with Crippen molar-refractivity contribution >= 4 is 5.95 Å². The normalized spacial score (nSPS) is 17.3. The van der Waals surface area contributed by atoms with E-state index in [2.05, 4.69) is 9.97 Å². The molecule has 1 aliphatic heterocycles. The molecule has 0 aromatic carbocycles. The number of hydrogen-bond donors (Lipinski definition) is 2. The van der Waals surface area contributed by atoms with E-state index in [4.69, 9.17) is 15.3 Å². The molecule has 19 heavy (non-hydrogen) atoms.